The first-order valence-electron chi connectivity index (χ1n) is 5.88. The van der Waals surface area contributed by atoms with Crippen molar-refractivity contribution in [1.82, 2.24) is 10.3 Å². The van der Waals surface area contributed by atoms with Gasteiger partial charge in [0.15, 0.2) is 0 Å². The Morgan fingerprint density at radius 1 is 1.30 bits per heavy atom. The van der Waals surface area contributed by atoms with Gasteiger partial charge in [0.25, 0.3) is 0 Å². The number of rotatable bonds is 7. The summed E-state index contributed by atoms with van der Waals surface area (Å²) in [7, 11) is 0. The number of pyridine rings is 1. The van der Waals surface area contributed by atoms with E-state index < -0.39 is 24.4 Å². The minimum atomic E-state index is -1.12. The van der Waals surface area contributed by atoms with Crippen molar-refractivity contribution in [3.8, 4) is 0 Å². The van der Waals surface area contributed by atoms with Gasteiger partial charge in [-0.1, -0.05) is 0 Å². The summed E-state index contributed by atoms with van der Waals surface area (Å²) in [6, 6.07) is 3.04. The van der Waals surface area contributed by atoms with Crippen molar-refractivity contribution in [1.29, 1.82) is 0 Å². The number of hydrogen-bond acceptors (Lipinski definition) is 6. The molecule has 0 unspecified atom stereocenters. The Morgan fingerprint density at radius 2 is 2.05 bits per heavy atom. The standard InChI is InChI=1S/C12H15N3O5/c1-2-20-12(19)8-3-4-9(13-5-8)14-6-10(16)15-7-11(17)18/h3-5H,2,6-7H2,1H3,(H,13,14)(H,15,16)(H,17,18). The number of carbonyl (C=O) groups is 3. The number of amides is 1. The summed E-state index contributed by atoms with van der Waals surface area (Å²) < 4.78 is 4.80. The summed E-state index contributed by atoms with van der Waals surface area (Å²) in [6.07, 6.45) is 1.33. The van der Waals surface area contributed by atoms with Gasteiger partial charge in [0.05, 0.1) is 18.7 Å². The van der Waals surface area contributed by atoms with Gasteiger partial charge in [0.1, 0.15) is 12.4 Å². The lowest BCUT2D eigenvalue weighted by Gasteiger charge is -2.06. The fraction of sp³-hybridized carbons (Fsp3) is 0.333. The van der Waals surface area contributed by atoms with Crippen LogP contribution in [0.5, 0.6) is 0 Å². The average molecular weight is 281 g/mol. The minimum absolute atomic E-state index is 0.112. The Kier molecular flexibility index (Phi) is 5.95. The molecule has 8 heteroatoms. The number of nitrogens with one attached hydrogen (secondary N) is 2. The molecule has 0 saturated heterocycles. The first-order chi connectivity index (χ1) is 9.52. The van der Waals surface area contributed by atoms with Crippen molar-refractivity contribution >= 4 is 23.7 Å². The highest BCUT2D eigenvalue weighted by atomic mass is 16.5. The lowest BCUT2D eigenvalue weighted by Crippen LogP contribution is -2.33. The van der Waals surface area contributed by atoms with Crippen molar-refractivity contribution in [2.24, 2.45) is 0 Å². The zero-order chi connectivity index (χ0) is 15.0. The average Bonchev–Trinajstić information content (AvgIpc) is 2.43. The van der Waals surface area contributed by atoms with Crippen LogP contribution in [0.4, 0.5) is 5.82 Å². The second kappa shape index (κ2) is 7.72. The molecular weight excluding hydrogens is 266 g/mol. The van der Waals surface area contributed by atoms with E-state index in [-0.39, 0.29) is 13.2 Å². The van der Waals surface area contributed by atoms with Crippen molar-refractivity contribution in [3.05, 3.63) is 23.9 Å². The summed E-state index contributed by atoms with van der Waals surface area (Å²) >= 11 is 0. The first-order valence-corrected chi connectivity index (χ1v) is 5.88. The van der Waals surface area contributed by atoms with Crippen LogP contribution in [0.25, 0.3) is 0 Å². The molecule has 0 aliphatic heterocycles. The quantitative estimate of drug-likeness (QED) is 0.596. The monoisotopic (exact) mass is 281 g/mol. The third-order valence-electron chi connectivity index (χ3n) is 2.14. The lowest BCUT2D eigenvalue weighted by atomic mass is 10.3. The van der Waals surface area contributed by atoms with Crippen LogP contribution in [-0.2, 0) is 14.3 Å². The van der Waals surface area contributed by atoms with Gasteiger partial charge < -0.3 is 20.5 Å². The number of aliphatic carboxylic acids is 1. The van der Waals surface area contributed by atoms with Crippen LogP contribution in [0.3, 0.4) is 0 Å². The van der Waals surface area contributed by atoms with Crippen molar-refractivity contribution in [2.45, 2.75) is 6.92 Å². The SMILES string of the molecule is CCOC(=O)c1ccc(NCC(=O)NCC(=O)O)nc1. The molecule has 1 aromatic heterocycles. The largest absolute Gasteiger partial charge is 0.480 e. The molecule has 0 saturated carbocycles. The summed E-state index contributed by atoms with van der Waals surface area (Å²) in [5.74, 6) is -1.66. The molecule has 3 N–H and O–H groups in total. The third kappa shape index (κ3) is 5.34. The van der Waals surface area contributed by atoms with Crippen molar-refractivity contribution in [2.75, 3.05) is 25.0 Å². The second-order valence-corrected chi connectivity index (χ2v) is 3.68. The molecule has 0 spiro atoms. The maximum Gasteiger partial charge on any atom is 0.339 e. The van der Waals surface area contributed by atoms with E-state index in [9.17, 15) is 14.4 Å². The van der Waals surface area contributed by atoms with Crippen LogP contribution in [-0.4, -0.2) is 47.6 Å². The number of carbonyl (C=O) groups excluding carboxylic acids is 2. The molecule has 0 aromatic carbocycles. The molecule has 0 aliphatic rings. The molecule has 1 aromatic rings. The minimum Gasteiger partial charge on any atom is -0.480 e. The molecule has 0 atom stereocenters. The van der Waals surface area contributed by atoms with Crippen molar-refractivity contribution in [3.63, 3.8) is 0 Å². The highest BCUT2D eigenvalue weighted by Gasteiger charge is 2.07. The molecule has 1 rings (SSSR count). The molecule has 20 heavy (non-hydrogen) atoms. The van der Waals surface area contributed by atoms with Crippen LogP contribution >= 0.6 is 0 Å². The van der Waals surface area contributed by atoms with Crippen LogP contribution < -0.4 is 10.6 Å². The number of aromatic nitrogens is 1. The number of carboxylic acids is 1. The smallest absolute Gasteiger partial charge is 0.339 e. The van der Waals surface area contributed by atoms with E-state index in [2.05, 4.69) is 15.6 Å². The summed E-state index contributed by atoms with van der Waals surface area (Å²) in [5, 5.41) is 13.3. The number of anilines is 1. The molecule has 0 radical (unpaired) electrons. The molecule has 108 valence electrons. The maximum atomic E-state index is 11.4. The zero-order valence-corrected chi connectivity index (χ0v) is 10.9. The predicted octanol–water partition coefficient (Wildman–Crippen LogP) is -0.129. The summed E-state index contributed by atoms with van der Waals surface area (Å²) in [4.78, 5) is 36.8. The van der Waals surface area contributed by atoms with Crippen LogP contribution in [0.1, 0.15) is 17.3 Å². The van der Waals surface area contributed by atoms with E-state index in [0.717, 1.165) is 0 Å². The number of esters is 1. The van der Waals surface area contributed by atoms with Crippen LogP contribution in [0.2, 0.25) is 0 Å². The Balaban J connectivity index is 2.43. The number of carboxylic acid groups (broad SMARTS) is 1. The third-order valence-corrected chi connectivity index (χ3v) is 2.14. The van der Waals surface area contributed by atoms with Gasteiger partial charge >= 0.3 is 11.9 Å². The van der Waals surface area contributed by atoms with Gasteiger partial charge in [-0.25, -0.2) is 9.78 Å². The van der Waals surface area contributed by atoms with Gasteiger partial charge in [0.2, 0.25) is 5.91 Å². The Labute approximate surface area is 115 Å². The molecule has 0 aliphatic carbocycles. The maximum absolute atomic E-state index is 11.4. The first kappa shape index (κ1) is 15.4. The number of hydrogen-bond donors (Lipinski definition) is 3. The fourth-order valence-electron chi connectivity index (χ4n) is 1.24. The zero-order valence-electron chi connectivity index (χ0n) is 10.9. The van der Waals surface area contributed by atoms with Gasteiger partial charge in [-0.3, -0.25) is 9.59 Å². The van der Waals surface area contributed by atoms with E-state index in [1.54, 1.807) is 6.92 Å². The van der Waals surface area contributed by atoms with Gasteiger partial charge in [-0.15, -0.1) is 0 Å². The molecule has 1 heterocycles. The van der Waals surface area contributed by atoms with Gasteiger partial charge in [0, 0.05) is 6.20 Å². The lowest BCUT2D eigenvalue weighted by molar-refractivity contribution is -0.137. The molecule has 0 bridgehead atoms. The van der Waals surface area contributed by atoms with Crippen LogP contribution in [0, 0.1) is 0 Å². The summed E-state index contributed by atoms with van der Waals surface area (Å²) in [5.41, 5.74) is 0.313. The van der Waals surface area contributed by atoms with E-state index in [0.29, 0.717) is 11.4 Å². The van der Waals surface area contributed by atoms with E-state index in [4.69, 9.17) is 9.84 Å². The Bertz CT molecular complexity index is 486. The van der Waals surface area contributed by atoms with Crippen molar-refractivity contribution < 1.29 is 24.2 Å². The molecular formula is C12H15N3O5. The van der Waals surface area contributed by atoms with Gasteiger partial charge in [-0.05, 0) is 19.1 Å². The molecule has 1 amide bonds. The predicted molar refractivity (Wildman–Crippen MR) is 69.3 cm³/mol. The number of nitrogens with zero attached hydrogens (tertiary/aromatic N) is 1. The highest BCUT2D eigenvalue weighted by molar-refractivity contribution is 5.89. The van der Waals surface area contributed by atoms with E-state index in [1.165, 1.54) is 18.3 Å². The Hall–Kier alpha value is -2.64. The molecule has 8 nitrogen and oxygen atoms in total. The highest BCUT2D eigenvalue weighted by Crippen LogP contribution is 2.06. The Morgan fingerprint density at radius 3 is 2.60 bits per heavy atom. The van der Waals surface area contributed by atoms with Crippen LogP contribution in [0.15, 0.2) is 18.3 Å². The molecule has 0 fully saturated rings. The second-order valence-electron chi connectivity index (χ2n) is 3.68. The van der Waals surface area contributed by atoms with E-state index in [1.807, 2.05) is 0 Å². The number of ether oxygens (including phenoxy) is 1. The topological polar surface area (TPSA) is 118 Å². The summed E-state index contributed by atoms with van der Waals surface area (Å²) in [6.45, 7) is 1.44. The van der Waals surface area contributed by atoms with E-state index >= 15 is 0 Å². The van der Waals surface area contributed by atoms with Gasteiger partial charge in [-0.2, -0.15) is 0 Å². The normalized spacial score (nSPS) is 9.65. The fourth-order valence-corrected chi connectivity index (χ4v) is 1.24.